The topological polar surface area (TPSA) is 51.5 Å². The van der Waals surface area contributed by atoms with Gasteiger partial charge in [-0.15, -0.1) is 0 Å². The van der Waals surface area contributed by atoms with Crippen molar-refractivity contribution in [3.63, 3.8) is 0 Å². The third kappa shape index (κ3) is 2.53. The van der Waals surface area contributed by atoms with E-state index in [1.807, 2.05) is 24.3 Å². The van der Waals surface area contributed by atoms with E-state index in [1.165, 1.54) is 6.07 Å². The van der Waals surface area contributed by atoms with E-state index < -0.39 is 0 Å². The molecule has 4 heteroatoms. The molecule has 0 amide bonds. The summed E-state index contributed by atoms with van der Waals surface area (Å²) in [4.78, 5) is 11.8. The number of aromatic nitrogens is 1. The zero-order valence-electron chi connectivity index (χ0n) is 10.4. The van der Waals surface area contributed by atoms with Crippen molar-refractivity contribution >= 4 is 0 Å². The van der Waals surface area contributed by atoms with Crippen molar-refractivity contribution in [3.05, 3.63) is 58.0 Å². The summed E-state index contributed by atoms with van der Waals surface area (Å²) in [6.45, 7) is 2.25. The summed E-state index contributed by atoms with van der Waals surface area (Å²) in [5.74, 6) is 0.761. The van der Waals surface area contributed by atoms with E-state index in [4.69, 9.17) is 4.74 Å². The highest BCUT2D eigenvalue weighted by Gasteiger charge is 2.04. The Morgan fingerprint density at radius 1 is 1.28 bits per heavy atom. The lowest BCUT2D eigenvalue weighted by molar-refractivity contribution is 0.414. The molecule has 0 saturated heterocycles. The average molecular weight is 245 g/mol. The Morgan fingerprint density at radius 2 is 2.06 bits per heavy atom. The van der Waals surface area contributed by atoms with Gasteiger partial charge >= 0.3 is 0 Å². The monoisotopic (exact) mass is 245 g/mol. The van der Waals surface area contributed by atoms with Gasteiger partial charge in [0.15, 0.2) is 0 Å². The molecule has 1 aromatic carbocycles. The van der Waals surface area contributed by atoms with E-state index in [2.05, 4.69) is 0 Å². The minimum absolute atomic E-state index is 0.000563. The van der Waals surface area contributed by atoms with Crippen molar-refractivity contribution in [1.29, 1.82) is 0 Å². The zero-order chi connectivity index (χ0) is 13.1. The fourth-order valence-corrected chi connectivity index (χ4v) is 1.87. The smallest absolute Gasteiger partial charge is 0.254 e. The quantitative estimate of drug-likeness (QED) is 0.898. The summed E-state index contributed by atoms with van der Waals surface area (Å²) in [6, 6.07) is 10.3. The molecule has 2 aromatic rings. The van der Waals surface area contributed by atoms with Crippen LogP contribution in [0.3, 0.4) is 0 Å². The maximum absolute atomic E-state index is 11.8. The van der Waals surface area contributed by atoms with Crippen LogP contribution in [-0.2, 0) is 6.54 Å². The summed E-state index contributed by atoms with van der Waals surface area (Å²) in [7, 11) is 1.61. The van der Waals surface area contributed by atoms with E-state index in [1.54, 1.807) is 24.7 Å². The van der Waals surface area contributed by atoms with Gasteiger partial charge in [-0.3, -0.25) is 4.79 Å². The van der Waals surface area contributed by atoms with Crippen molar-refractivity contribution in [2.45, 2.75) is 13.5 Å². The Kier molecular flexibility index (Phi) is 3.37. The van der Waals surface area contributed by atoms with Gasteiger partial charge in [0.05, 0.1) is 13.7 Å². The van der Waals surface area contributed by atoms with E-state index in [-0.39, 0.29) is 11.3 Å². The van der Waals surface area contributed by atoms with E-state index >= 15 is 0 Å². The molecule has 18 heavy (non-hydrogen) atoms. The Balaban J connectivity index is 2.37. The Bertz CT molecular complexity index is 617. The lowest BCUT2D eigenvalue weighted by Gasteiger charge is -2.11. The van der Waals surface area contributed by atoms with Crippen molar-refractivity contribution in [2.75, 3.05) is 7.11 Å². The number of ether oxygens (including phenoxy) is 1. The third-order valence-electron chi connectivity index (χ3n) is 2.79. The minimum Gasteiger partial charge on any atom is -0.508 e. The van der Waals surface area contributed by atoms with Gasteiger partial charge in [0.1, 0.15) is 11.5 Å². The average Bonchev–Trinajstić information content (AvgIpc) is 2.34. The number of aromatic hydroxyl groups is 1. The molecule has 0 saturated carbocycles. The SMILES string of the molecule is COc1cccc(Cn2c(C)cc(O)cc2=O)c1. The number of methoxy groups -OCH3 is 1. The first-order chi connectivity index (χ1) is 8.60. The van der Waals surface area contributed by atoms with E-state index in [0.29, 0.717) is 6.54 Å². The molecule has 0 unspecified atom stereocenters. The van der Waals surface area contributed by atoms with Crippen LogP contribution in [0.4, 0.5) is 0 Å². The number of aryl methyl sites for hydroxylation is 1. The maximum Gasteiger partial charge on any atom is 0.254 e. The van der Waals surface area contributed by atoms with Crippen LogP contribution in [0.25, 0.3) is 0 Å². The summed E-state index contributed by atoms with van der Waals surface area (Å²) in [5.41, 5.74) is 1.49. The number of hydrogen-bond donors (Lipinski definition) is 1. The second-order valence-electron chi connectivity index (χ2n) is 4.13. The van der Waals surface area contributed by atoms with Gasteiger partial charge in [-0.1, -0.05) is 12.1 Å². The molecule has 0 radical (unpaired) electrons. The maximum atomic E-state index is 11.8. The molecule has 1 aromatic heterocycles. The van der Waals surface area contributed by atoms with Crippen LogP contribution < -0.4 is 10.3 Å². The van der Waals surface area contributed by atoms with Gasteiger partial charge in [-0.25, -0.2) is 0 Å². The predicted molar refractivity (Wildman–Crippen MR) is 69.2 cm³/mol. The molecule has 0 fully saturated rings. The van der Waals surface area contributed by atoms with Crippen LogP contribution in [0.2, 0.25) is 0 Å². The predicted octanol–water partition coefficient (Wildman–Crippen LogP) is 1.92. The summed E-state index contributed by atoms with van der Waals surface area (Å²) in [6.07, 6.45) is 0. The molecule has 4 nitrogen and oxygen atoms in total. The molecule has 2 rings (SSSR count). The van der Waals surface area contributed by atoms with Gasteiger partial charge in [-0.05, 0) is 30.7 Å². The van der Waals surface area contributed by atoms with E-state index in [0.717, 1.165) is 17.0 Å². The number of rotatable bonds is 3. The first-order valence-corrected chi connectivity index (χ1v) is 5.63. The molecule has 0 aliphatic heterocycles. The molecule has 0 aliphatic rings. The lowest BCUT2D eigenvalue weighted by atomic mass is 10.2. The molecule has 1 N–H and O–H groups in total. The van der Waals surface area contributed by atoms with Crippen molar-refractivity contribution < 1.29 is 9.84 Å². The van der Waals surface area contributed by atoms with Crippen LogP contribution in [-0.4, -0.2) is 16.8 Å². The largest absolute Gasteiger partial charge is 0.508 e. The number of pyridine rings is 1. The van der Waals surface area contributed by atoms with Crippen LogP contribution in [0.1, 0.15) is 11.3 Å². The van der Waals surface area contributed by atoms with Crippen LogP contribution >= 0.6 is 0 Å². The van der Waals surface area contributed by atoms with Gasteiger partial charge in [0.2, 0.25) is 0 Å². The number of nitrogens with zero attached hydrogens (tertiary/aromatic N) is 1. The van der Waals surface area contributed by atoms with Gasteiger partial charge < -0.3 is 14.4 Å². The van der Waals surface area contributed by atoms with Crippen molar-refractivity contribution in [3.8, 4) is 11.5 Å². The molecular weight excluding hydrogens is 230 g/mol. The molecule has 0 bridgehead atoms. The summed E-state index contributed by atoms with van der Waals surface area (Å²) in [5, 5.41) is 9.33. The molecule has 0 spiro atoms. The summed E-state index contributed by atoms with van der Waals surface area (Å²) < 4.78 is 6.75. The fourth-order valence-electron chi connectivity index (χ4n) is 1.87. The van der Waals surface area contributed by atoms with E-state index in [9.17, 15) is 9.90 Å². The van der Waals surface area contributed by atoms with Crippen LogP contribution in [0.15, 0.2) is 41.2 Å². The van der Waals surface area contributed by atoms with Crippen LogP contribution in [0.5, 0.6) is 11.5 Å². The summed E-state index contributed by atoms with van der Waals surface area (Å²) >= 11 is 0. The lowest BCUT2D eigenvalue weighted by Crippen LogP contribution is -2.21. The molecule has 94 valence electrons. The third-order valence-corrected chi connectivity index (χ3v) is 2.79. The number of hydrogen-bond acceptors (Lipinski definition) is 3. The first-order valence-electron chi connectivity index (χ1n) is 5.63. The highest BCUT2D eigenvalue weighted by molar-refractivity contribution is 5.29. The Labute approximate surface area is 105 Å². The first kappa shape index (κ1) is 12.2. The second kappa shape index (κ2) is 4.96. The molecule has 0 atom stereocenters. The molecular formula is C14H15NO3. The van der Waals surface area contributed by atoms with Crippen LogP contribution in [0, 0.1) is 6.92 Å². The molecule has 0 aliphatic carbocycles. The van der Waals surface area contributed by atoms with Gasteiger partial charge in [-0.2, -0.15) is 0 Å². The second-order valence-corrected chi connectivity index (χ2v) is 4.13. The van der Waals surface area contributed by atoms with Gasteiger partial charge in [0, 0.05) is 11.8 Å². The fraction of sp³-hybridized carbons (Fsp3) is 0.214. The highest BCUT2D eigenvalue weighted by Crippen LogP contribution is 2.14. The zero-order valence-corrected chi connectivity index (χ0v) is 10.4. The minimum atomic E-state index is -0.213. The normalized spacial score (nSPS) is 10.3. The van der Waals surface area contributed by atoms with Gasteiger partial charge in [0.25, 0.3) is 5.56 Å². The Hall–Kier alpha value is -2.23. The standard InChI is InChI=1S/C14H15NO3/c1-10-6-12(16)8-14(17)15(10)9-11-4-3-5-13(7-11)18-2/h3-8,16H,9H2,1-2H3. The molecule has 1 heterocycles. The number of benzene rings is 1. The highest BCUT2D eigenvalue weighted by atomic mass is 16.5. The van der Waals surface area contributed by atoms with Crippen molar-refractivity contribution in [1.82, 2.24) is 4.57 Å². The Morgan fingerprint density at radius 3 is 2.72 bits per heavy atom. The van der Waals surface area contributed by atoms with Crippen molar-refractivity contribution in [2.24, 2.45) is 0 Å².